The fourth-order valence-electron chi connectivity index (χ4n) is 1.57. The largest absolute Gasteiger partial charge is 0.460 e. The Morgan fingerprint density at radius 1 is 1.33 bits per heavy atom. The Bertz CT molecular complexity index is 323. The Balaban J connectivity index is 1.97. The van der Waals surface area contributed by atoms with Crippen molar-refractivity contribution in [3.8, 4) is 5.75 Å². The molecule has 1 aliphatic rings. The van der Waals surface area contributed by atoms with Gasteiger partial charge in [-0.3, -0.25) is 0 Å². The molecule has 2 rings (SSSR count). The first-order valence-electron chi connectivity index (χ1n) is 5.49. The zero-order chi connectivity index (χ0) is 10.9. The van der Waals surface area contributed by atoms with Crippen LogP contribution in [0.3, 0.4) is 0 Å². The van der Waals surface area contributed by atoms with E-state index in [4.69, 9.17) is 9.47 Å². The van der Waals surface area contributed by atoms with Crippen molar-refractivity contribution in [3.05, 3.63) is 29.8 Å². The summed E-state index contributed by atoms with van der Waals surface area (Å²) in [4.78, 5) is 0. The van der Waals surface area contributed by atoms with Crippen LogP contribution in [0.1, 0.15) is 26.3 Å². The minimum absolute atomic E-state index is 0.362. The predicted octanol–water partition coefficient (Wildman–Crippen LogP) is 3.01. The molecule has 0 amide bonds. The highest BCUT2D eigenvalue weighted by Crippen LogP contribution is 2.29. The molecule has 1 unspecified atom stereocenters. The summed E-state index contributed by atoms with van der Waals surface area (Å²) in [5, 5.41) is 0. The Morgan fingerprint density at radius 3 is 2.40 bits per heavy atom. The van der Waals surface area contributed by atoms with Gasteiger partial charge in [-0.05, 0) is 30.0 Å². The normalized spacial score (nSPS) is 24.3. The molecule has 0 saturated carbocycles. The van der Waals surface area contributed by atoms with Gasteiger partial charge in [-0.15, -0.1) is 0 Å². The van der Waals surface area contributed by atoms with Crippen LogP contribution in [0.25, 0.3) is 0 Å². The van der Waals surface area contributed by atoms with Gasteiger partial charge < -0.3 is 9.47 Å². The van der Waals surface area contributed by atoms with Gasteiger partial charge in [0.1, 0.15) is 12.4 Å². The number of epoxide rings is 1. The Kier molecular flexibility index (Phi) is 2.70. The van der Waals surface area contributed by atoms with Crippen LogP contribution in [0.4, 0.5) is 0 Å². The molecule has 0 aromatic heterocycles. The third-order valence-corrected chi connectivity index (χ3v) is 2.45. The molecule has 82 valence electrons. The van der Waals surface area contributed by atoms with Crippen molar-refractivity contribution in [3.63, 3.8) is 0 Å². The summed E-state index contributed by atoms with van der Waals surface area (Å²) >= 11 is 0. The molecule has 2 nitrogen and oxygen atoms in total. The molecule has 1 fully saturated rings. The number of hydrogen-bond donors (Lipinski definition) is 0. The fraction of sp³-hybridized carbons (Fsp3) is 0.538. The smallest absolute Gasteiger partial charge is 0.231 e. The summed E-state index contributed by atoms with van der Waals surface area (Å²) < 4.78 is 10.8. The van der Waals surface area contributed by atoms with E-state index < -0.39 is 0 Å². The van der Waals surface area contributed by atoms with Crippen LogP contribution in [0.15, 0.2) is 24.3 Å². The summed E-state index contributed by atoms with van der Waals surface area (Å²) in [6, 6.07) is 8.29. The van der Waals surface area contributed by atoms with Gasteiger partial charge in [0, 0.05) is 6.92 Å². The third kappa shape index (κ3) is 2.96. The van der Waals surface area contributed by atoms with Gasteiger partial charge in [-0.1, -0.05) is 26.0 Å². The van der Waals surface area contributed by atoms with Gasteiger partial charge >= 0.3 is 0 Å². The van der Waals surface area contributed by atoms with Crippen molar-refractivity contribution >= 4 is 0 Å². The summed E-state index contributed by atoms with van der Waals surface area (Å²) in [6.07, 6.45) is 1.12. The standard InChI is InChI=1S/C13H18O2/c1-10(2)8-11-4-6-12(7-5-11)15-13(3)9-14-13/h4-7,10H,8-9H2,1-3H3. The van der Waals surface area contributed by atoms with Gasteiger partial charge in [-0.25, -0.2) is 0 Å². The topological polar surface area (TPSA) is 21.8 Å². The van der Waals surface area contributed by atoms with E-state index in [9.17, 15) is 0 Å². The lowest BCUT2D eigenvalue weighted by molar-refractivity contribution is 0.0802. The van der Waals surface area contributed by atoms with Gasteiger partial charge in [0.25, 0.3) is 0 Å². The van der Waals surface area contributed by atoms with Crippen molar-refractivity contribution in [2.75, 3.05) is 6.61 Å². The highest BCUT2D eigenvalue weighted by molar-refractivity contribution is 5.28. The zero-order valence-electron chi connectivity index (χ0n) is 9.62. The summed E-state index contributed by atoms with van der Waals surface area (Å²) in [6.45, 7) is 7.10. The molecule has 1 aromatic rings. The Labute approximate surface area is 91.2 Å². The van der Waals surface area contributed by atoms with Crippen LogP contribution in [-0.2, 0) is 11.2 Å². The first-order chi connectivity index (χ1) is 7.07. The summed E-state index contributed by atoms with van der Waals surface area (Å²) in [5.41, 5.74) is 1.36. The quantitative estimate of drug-likeness (QED) is 0.706. The summed E-state index contributed by atoms with van der Waals surface area (Å²) in [5.74, 6) is 1.23. The second-order valence-electron chi connectivity index (χ2n) is 4.77. The van der Waals surface area contributed by atoms with Crippen molar-refractivity contribution in [2.45, 2.75) is 33.0 Å². The molecule has 1 aliphatic heterocycles. The Hall–Kier alpha value is -1.02. The molecule has 0 N–H and O–H groups in total. The number of hydrogen-bond acceptors (Lipinski definition) is 2. The van der Waals surface area contributed by atoms with Crippen molar-refractivity contribution in [2.24, 2.45) is 5.92 Å². The lowest BCUT2D eigenvalue weighted by Crippen LogP contribution is -2.14. The lowest BCUT2D eigenvalue weighted by Gasteiger charge is -2.10. The monoisotopic (exact) mass is 206 g/mol. The van der Waals surface area contributed by atoms with Crippen molar-refractivity contribution < 1.29 is 9.47 Å². The van der Waals surface area contributed by atoms with Crippen LogP contribution >= 0.6 is 0 Å². The first-order valence-corrected chi connectivity index (χ1v) is 5.49. The molecule has 0 aliphatic carbocycles. The fourth-order valence-corrected chi connectivity index (χ4v) is 1.57. The maximum Gasteiger partial charge on any atom is 0.231 e. The van der Waals surface area contributed by atoms with Crippen molar-refractivity contribution in [1.29, 1.82) is 0 Å². The molecule has 0 bridgehead atoms. The predicted molar refractivity (Wildman–Crippen MR) is 60.0 cm³/mol. The van der Waals surface area contributed by atoms with Gasteiger partial charge in [-0.2, -0.15) is 0 Å². The van der Waals surface area contributed by atoms with Gasteiger partial charge in [0.15, 0.2) is 0 Å². The first kappa shape index (κ1) is 10.5. The maximum absolute atomic E-state index is 5.65. The van der Waals surface area contributed by atoms with E-state index in [1.165, 1.54) is 5.56 Å². The average molecular weight is 206 g/mol. The van der Waals surface area contributed by atoms with E-state index in [2.05, 4.69) is 26.0 Å². The minimum atomic E-state index is -0.362. The van der Waals surface area contributed by atoms with E-state index in [-0.39, 0.29) is 5.79 Å². The molecular weight excluding hydrogens is 188 g/mol. The molecule has 0 radical (unpaired) electrons. The third-order valence-electron chi connectivity index (χ3n) is 2.45. The number of rotatable bonds is 4. The maximum atomic E-state index is 5.65. The second-order valence-corrected chi connectivity index (χ2v) is 4.77. The van der Waals surface area contributed by atoms with Crippen LogP contribution in [-0.4, -0.2) is 12.4 Å². The molecular formula is C13H18O2. The molecule has 1 saturated heterocycles. The van der Waals surface area contributed by atoms with E-state index in [0.29, 0.717) is 12.5 Å². The summed E-state index contributed by atoms with van der Waals surface area (Å²) in [7, 11) is 0. The molecule has 1 heterocycles. The number of ether oxygens (including phenoxy) is 2. The molecule has 2 heteroatoms. The SMILES string of the molecule is CC(C)Cc1ccc(OC2(C)CO2)cc1. The van der Waals surface area contributed by atoms with Crippen LogP contribution in [0.2, 0.25) is 0 Å². The highest BCUT2D eigenvalue weighted by Gasteiger charge is 2.42. The average Bonchev–Trinajstić information content (AvgIpc) is 2.86. The second kappa shape index (κ2) is 3.86. The zero-order valence-corrected chi connectivity index (χ0v) is 9.62. The minimum Gasteiger partial charge on any atom is -0.460 e. The van der Waals surface area contributed by atoms with Crippen LogP contribution < -0.4 is 4.74 Å². The molecule has 1 atom stereocenters. The molecule has 1 aromatic carbocycles. The van der Waals surface area contributed by atoms with E-state index in [1.807, 2.05) is 19.1 Å². The van der Waals surface area contributed by atoms with Gasteiger partial charge in [0.2, 0.25) is 5.79 Å². The molecule has 15 heavy (non-hydrogen) atoms. The van der Waals surface area contributed by atoms with E-state index in [0.717, 1.165) is 12.2 Å². The number of benzene rings is 1. The van der Waals surface area contributed by atoms with Crippen LogP contribution in [0.5, 0.6) is 5.75 Å². The molecule has 0 spiro atoms. The lowest BCUT2D eigenvalue weighted by atomic mass is 10.0. The van der Waals surface area contributed by atoms with E-state index >= 15 is 0 Å². The highest BCUT2D eigenvalue weighted by atomic mass is 16.8. The van der Waals surface area contributed by atoms with Crippen molar-refractivity contribution in [1.82, 2.24) is 0 Å². The van der Waals surface area contributed by atoms with Crippen LogP contribution in [0, 0.1) is 5.92 Å². The van der Waals surface area contributed by atoms with E-state index in [1.54, 1.807) is 0 Å². The van der Waals surface area contributed by atoms with Gasteiger partial charge in [0.05, 0.1) is 0 Å². The Morgan fingerprint density at radius 2 is 1.93 bits per heavy atom.